The molecule has 0 saturated heterocycles. The molecule has 0 unspecified atom stereocenters. The van der Waals surface area contributed by atoms with E-state index >= 15 is 0 Å². The minimum atomic E-state index is 0.219. The van der Waals surface area contributed by atoms with E-state index in [4.69, 9.17) is 0 Å². The van der Waals surface area contributed by atoms with Gasteiger partial charge in [-0.15, -0.1) is 0 Å². The molecule has 15 heavy (non-hydrogen) atoms. The Morgan fingerprint density at radius 1 is 1.33 bits per heavy atom. The lowest BCUT2D eigenvalue weighted by Crippen LogP contribution is -2.05. The van der Waals surface area contributed by atoms with Crippen molar-refractivity contribution in [3.8, 4) is 0 Å². The molecule has 0 aromatic heterocycles. The monoisotopic (exact) mass is 332 g/mol. The van der Waals surface area contributed by atoms with Gasteiger partial charge < -0.3 is 0 Å². The van der Waals surface area contributed by atoms with Gasteiger partial charge >= 0.3 is 0 Å². The van der Waals surface area contributed by atoms with Crippen molar-refractivity contribution in [3.63, 3.8) is 0 Å². The fourth-order valence-corrected chi connectivity index (χ4v) is 2.63. The summed E-state index contributed by atoms with van der Waals surface area (Å²) >= 11 is 6.75. The third-order valence-corrected chi connectivity index (χ3v) is 3.37. The fraction of sp³-hybridized carbons (Fsp3) is 0.417. The van der Waals surface area contributed by atoms with Gasteiger partial charge in [-0.3, -0.25) is 4.79 Å². The van der Waals surface area contributed by atoms with Gasteiger partial charge in [0, 0.05) is 22.6 Å². The molecular weight excluding hydrogens is 320 g/mol. The highest BCUT2D eigenvalue weighted by molar-refractivity contribution is 9.09. The molecule has 1 rings (SSSR count). The van der Waals surface area contributed by atoms with E-state index in [1.54, 1.807) is 0 Å². The normalized spacial score (nSPS) is 10.3. The minimum Gasteiger partial charge on any atom is -0.294 e. The van der Waals surface area contributed by atoms with Crippen LogP contribution in [0.25, 0.3) is 0 Å². The van der Waals surface area contributed by atoms with Crippen molar-refractivity contribution in [2.75, 3.05) is 5.33 Å². The van der Waals surface area contributed by atoms with Gasteiger partial charge in [0.1, 0.15) is 0 Å². The molecule has 1 aromatic rings. The summed E-state index contributed by atoms with van der Waals surface area (Å²) in [4.78, 5) is 11.8. The SMILES string of the molecule is CCc1cccc(C(=O)CCBr)c1CBr. The first kappa shape index (κ1) is 12.9. The van der Waals surface area contributed by atoms with Crippen molar-refractivity contribution >= 4 is 37.6 Å². The molecule has 1 aromatic carbocycles. The van der Waals surface area contributed by atoms with Crippen LogP contribution in [-0.2, 0) is 11.8 Å². The first-order valence-electron chi connectivity index (χ1n) is 5.00. The fourth-order valence-electron chi connectivity index (χ4n) is 1.61. The number of rotatable bonds is 5. The number of carbonyl (C=O) groups is 1. The summed E-state index contributed by atoms with van der Waals surface area (Å²) in [6.07, 6.45) is 1.53. The van der Waals surface area contributed by atoms with Gasteiger partial charge in [-0.2, -0.15) is 0 Å². The van der Waals surface area contributed by atoms with E-state index in [9.17, 15) is 4.79 Å². The molecule has 0 heterocycles. The predicted molar refractivity (Wildman–Crippen MR) is 71.2 cm³/mol. The maximum absolute atomic E-state index is 11.8. The molecule has 0 radical (unpaired) electrons. The molecule has 0 bridgehead atoms. The number of benzene rings is 1. The summed E-state index contributed by atoms with van der Waals surface area (Å²) in [5, 5.41) is 1.48. The van der Waals surface area contributed by atoms with E-state index in [0.29, 0.717) is 6.42 Å². The van der Waals surface area contributed by atoms with Crippen LogP contribution < -0.4 is 0 Å². The van der Waals surface area contributed by atoms with Crippen molar-refractivity contribution in [2.45, 2.75) is 25.1 Å². The lowest BCUT2D eigenvalue weighted by atomic mass is 9.97. The van der Waals surface area contributed by atoms with Gasteiger partial charge in [0.15, 0.2) is 5.78 Å². The summed E-state index contributed by atoms with van der Waals surface area (Å²) in [7, 11) is 0. The second kappa shape index (κ2) is 6.44. The van der Waals surface area contributed by atoms with Crippen LogP contribution in [-0.4, -0.2) is 11.1 Å². The van der Waals surface area contributed by atoms with E-state index in [0.717, 1.165) is 28.2 Å². The molecule has 0 saturated carbocycles. The number of aryl methyl sites for hydroxylation is 1. The van der Waals surface area contributed by atoms with Crippen LogP contribution >= 0.6 is 31.9 Å². The Bertz CT molecular complexity index is 347. The number of Topliss-reactive ketones (excluding diaryl/α,β-unsaturated/α-hetero) is 1. The first-order chi connectivity index (χ1) is 7.24. The molecule has 82 valence electrons. The van der Waals surface area contributed by atoms with Crippen LogP contribution in [0.3, 0.4) is 0 Å². The molecule has 1 nitrogen and oxygen atoms in total. The average molecular weight is 334 g/mol. The summed E-state index contributed by atoms with van der Waals surface area (Å²) in [5.41, 5.74) is 3.27. The second-order valence-electron chi connectivity index (χ2n) is 3.29. The highest BCUT2D eigenvalue weighted by Crippen LogP contribution is 2.20. The summed E-state index contributed by atoms with van der Waals surface area (Å²) in [6.45, 7) is 2.11. The van der Waals surface area contributed by atoms with Gasteiger partial charge in [0.25, 0.3) is 0 Å². The largest absolute Gasteiger partial charge is 0.294 e. The molecule has 0 amide bonds. The molecule has 0 N–H and O–H groups in total. The van der Waals surface area contributed by atoms with Gasteiger partial charge in [0.05, 0.1) is 0 Å². The summed E-state index contributed by atoms with van der Waals surface area (Å²) in [5.74, 6) is 0.219. The number of carbonyl (C=O) groups excluding carboxylic acids is 1. The van der Waals surface area contributed by atoms with Crippen LogP contribution in [0.2, 0.25) is 0 Å². The van der Waals surface area contributed by atoms with Crippen LogP contribution in [0.1, 0.15) is 34.8 Å². The molecule has 0 atom stereocenters. The molecule has 3 heteroatoms. The number of alkyl halides is 2. The maximum Gasteiger partial charge on any atom is 0.164 e. The molecule has 0 spiro atoms. The van der Waals surface area contributed by atoms with E-state index in [1.165, 1.54) is 5.56 Å². The number of ketones is 1. The zero-order valence-corrected chi connectivity index (χ0v) is 11.9. The quantitative estimate of drug-likeness (QED) is 0.585. The van der Waals surface area contributed by atoms with E-state index in [1.807, 2.05) is 12.1 Å². The highest BCUT2D eigenvalue weighted by Gasteiger charge is 2.12. The average Bonchev–Trinajstić information content (AvgIpc) is 2.28. The maximum atomic E-state index is 11.8. The number of hydrogen-bond acceptors (Lipinski definition) is 1. The minimum absolute atomic E-state index is 0.219. The van der Waals surface area contributed by atoms with Crippen molar-refractivity contribution < 1.29 is 4.79 Å². The van der Waals surface area contributed by atoms with Gasteiger partial charge in [0.2, 0.25) is 0 Å². The van der Waals surface area contributed by atoms with Crippen LogP contribution in [0, 0.1) is 0 Å². The number of hydrogen-bond donors (Lipinski definition) is 0. The second-order valence-corrected chi connectivity index (χ2v) is 4.65. The topological polar surface area (TPSA) is 17.1 Å². The van der Waals surface area contributed by atoms with E-state index in [2.05, 4.69) is 44.8 Å². The van der Waals surface area contributed by atoms with Gasteiger partial charge in [-0.05, 0) is 17.5 Å². The Labute approximate surface area is 108 Å². The summed E-state index contributed by atoms with van der Waals surface area (Å²) in [6, 6.07) is 5.97. The van der Waals surface area contributed by atoms with Gasteiger partial charge in [-0.25, -0.2) is 0 Å². The Morgan fingerprint density at radius 2 is 2.07 bits per heavy atom. The van der Waals surface area contributed by atoms with Crippen molar-refractivity contribution in [3.05, 3.63) is 34.9 Å². The third kappa shape index (κ3) is 3.15. The first-order valence-corrected chi connectivity index (χ1v) is 7.24. The number of halogens is 2. The van der Waals surface area contributed by atoms with Crippen LogP contribution in [0.4, 0.5) is 0 Å². The zero-order chi connectivity index (χ0) is 11.3. The smallest absolute Gasteiger partial charge is 0.164 e. The zero-order valence-electron chi connectivity index (χ0n) is 8.72. The molecule has 0 aliphatic carbocycles. The standard InChI is InChI=1S/C12H14Br2O/c1-2-9-4-3-5-10(11(9)8-14)12(15)6-7-13/h3-5H,2,6-8H2,1H3. The molecule has 0 aliphatic heterocycles. The van der Waals surface area contributed by atoms with Crippen LogP contribution in [0.15, 0.2) is 18.2 Å². The van der Waals surface area contributed by atoms with E-state index in [-0.39, 0.29) is 5.78 Å². The van der Waals surface area contributed by atoms with Crippen molar-refractivity contribution in [2.24, 2.45) is 0 Å². The lowest BCUT2D eigenvalue weighted by Gasteiger charge is -2.10. The highest BCUT2D eigenvalue weighted by atomic mass is 79.9. The summed E-state index contributed by atoms with van der Waals surface area (Å²) < 4.78 is 0. The predicted octanol–water partition coefficient (Wildman–Crippen LogP) is 4.11. The Kier molecular flexibility index (Phi) is 5.54. The third-order valence-electron chi connectivity index (χ3n) is 2.41. The van der Waals surface area contributed by atoms with Crippen molar-refractivity contribution in [1.29, 1.82) is 0 Å². The Morgan fingerprint density at radius 3 is 2.60 bits per heavy atom. The molecule has 0 fully saturated rings. The van der Waals surface area contributed by atoms with Gasteiger partial charge in [-0.1, -0.05) is 57.0 Å². The Hall–Kier alpha value is -0.150. The molecular formula is C12H14Br2O. The molecule has 0 aliphatic rings. The Balaban J connectivity index is 3.11. The van der Waals surface area contributed by atoms with E-state index < -0.39 is 0 Å². The lowest BCUT2D eigenvalue weighted by molar-refractivity contribution is 0.0989. The van der Waals surface area contributed by atoms with Crippen molar-refractivity contribution in [1.82, 2.24) is 0 Å². The van der Waals surface area contributed by atoms with Crippen LogP contribution in [0.5, 0.6) is 0 Å².